The van der Waals surface area contributed by atoms with E-state index in [2.05, 4.69) is 26.7 Å². The van der Waals surface area contributed by atoms with Gasteiger partial charge in [0, 0.05) is 24.3 Å². The summed E-state index contributed by atoms with van der Waals surface area (Å²) in [7, 11) is 0. The Bertz CT molecular complexity index is 858. The molecule has 1 aliphatic carbocycles. The second-order valence-electron chi connectivity index (χ2n) is 5.77. The predicted octanol–water partition coefficient (Wildman–Crippen LogP) is 3.65. The lowest BCUT2D eigenvalue weighted by Crippen LogP contribution is -2.43. The number of aromatic nitrogens is 2. The van der Waals surface area contributed by atoms with Gasteiger partial charge in [-0.25, -0.2) is 9.97 Å². The number of hydrogen-bond donors (Lipinski definition) is 2. The van der Waals surface area contributed by atoms with E-state index in [-0.39, 0.29) is 11.7 Å². The third kappa shape index (κ3) is 2.88. The molecule has 0 bridgehead atoms. The molecule has 1 aromatic carbocycles. The highest BCUT2D eigenvalue weighted by atomic mass is 32.1. The number of rotatable bonds is 5. The van der Waals surface area contributed by atoms with Gasteiger partial charge in [-0.05, 0) is 31.0 Å². The Balaban J connectivity index is 1.36. The van der Waals surface area contributed by atoms with Crippen molar-refractivity contribution in [3.05, 3.63) is 52.7 Å². The first-order valence-corrected chi connectivity index (χ1v) is 8.49. The molecule has 3 aromatic rings. The molecule has 0 atom stereocenters. The first kappa shape index (κ1) is 14.8. The Hall–Kier alpha value is -2.74. The van der Waals surface area contributed by atoms with Crippen molar-refractivity contribution in [3.63, 3.8) is 0 Å². The normalized spacial score (nSPS) is 19.7. The van der Waals surface area contributed by atoms with Gasteiger partial charge in [-0.15, -0.1) is 0 Å². The average molecular weight is 341 g/mol. The summed E-state index contributed by atoms with van der Waals surface area (Å²) in [6.45, 7) is 0. The molecule has 1 saturated carbocycles. The molecular formula is C16H15N5O2S. The molecule has 0 aliphatic heterocycles. The van der Waals surface area contributed by atoms with Crippen molar-refractivity contribution in [3.8, 4) is 0 Å². The van der Waals surface area contributed by atoms with Gasteiger partial charge in [0.15, 0.2) is 5.13 Å². The van der Waals surface area contributed by atoms with Gasteiger partial charge in [0.1, 0.15) is 0 Å². The van der Waals surface area contributed by atoms with E-state index in [1.54, 1.807) is 23.6 Å². The number of hydrogen-bond acceptors (Lipinski definition) is 7. The van der Waals surface area contributed by atoms with Crippen LogP contribution in [0.3, 0.4) is 0 Å². The van der Waals surface area contributed by atoms with Gasteiger partial charge in [-0.1, -0.05) is 23.5 Å². The fraction of sp³-hybridized carbons (Fsp3) is 0.250. The maximum atomic E-state index is 11.0. The summed E-state index contributed by atoms with van der Waals surface area (Å²) in [4.78, 5) is 19.2. The zero-order valence-corrected chi connectivity index (χ0v) is 13.5. The Morgan fingerprint density at radius 2 is 1.92 bits per heavy atom. The number of benzene rings is 1. The lowest BCUT2D eigenvalue weighted by atomic mass is 9.87. The molecule has 2 N–H and O–H groups in total. The van der Waals surface area contributed by atoms with E-state index in [0.29, 0.717) is 11.9 Å². The van der Waals surface area contributed by atoms with Gasteiger partial charge in [0.2, 0.25) is 5.82 Å². The van der Waals surface area contributed by atoms with Crippen LogP contribution in [0.4, 0.5) is 16.6 Å². The van der Waals surface area contributed by atoms with Crippen LogP contribution < -0.4 is 10.6 Å². The van der Waals surface area contributed by atoms with Crippen molar-refractivity contribution in [2.75, 3.05) is 10.6 Å². The summed E-state index contributed by atoms with van der Waals surface area (Å²) < 4.78 is 1.16. The maximum Gasteiger partial charge on any atom is 0.311 e. The van der Waals surface area contributed by atoms with Crippen molar-refractivity contribution in [2.24, 2.45) is 0 Å². The third-order valence-electron chi connectivity index (χ3n) is 4.08. The number of nitrogens with zero attached hydrogens (tertiary/aromatic N) is 3. The Labute approximate surface area is 141 Å². The van der Waals surface area contributed by atoms with Crippen LogP contribution in [0.15, 0.2) is 42.6 Å². The zero-order valence-electron chi connectivity index (χ0n) is 12.7. The topological polar surface area (TPSA) is 93.0 Å². The van der Waals surface area contributed by atoms with E-state index >= 15 is 0 Å². The lowest BCUT2D eigenvalue weighted by molar-refractivity contribution is -0.384. The molecule has 0 saturated heterocycles. The van der Waals surface area contributed by atoms with Crippen LogP contribution in [-0.2, 0) is 0 Å². The van der Waals surface area contributed by atoms with E-state index in [0.717, 1.165) is 28.2 Å². The number of nitrogens with one attached hydrogen (secondary N) is 2. The minimum Gasteiger partial charge on any atom is -0.361 e. The molecular weight excluding hydrogens is 326 g/mol. The summed E-state index contributed by atoms with van der Waals surface area (Å²) in [5, 5.41) is 18.5. The van der Waals surface area contributed by atoms with Gasteiger partial charge < -0.3 is 10.6 Å². The molecule has 1 fully saturated rings. The molecule has 2 aromatic heterocycles. The summed E-state index contributed by atoms with van der Waals surface area (Å²) in [6, 6.07) is 11.6. The lowest BCUT2D eigenvalue weighted by Gasteiger charge is -2.36. The molecule has 8 heteroatoms. The molecule has 4 rings (SSSR count). The highest BCUT2D eigenvalue weighted by Crippen LogP contribution is 2.32. The van der Waals surface area contributed by atoms with Crippen molar-refractivity contribution in [2.45, 2.75) is 24.9 Å². The number of fused-ring (bicyclic) bond motifs is 1. The quantitative estimate of drug-likeness (QED) is 0.543. The SMILES string of the molecule is O=[N+]([O-])c1cccnc1NC1CC(Nc2nc3ccccc3s2)C1. The van der Waals surface area contributed by atoms with Gasteiger partial charge in [-0.3, -0.25) is 10.1 Å². The van der Waals surface area contributed by atoms with E-state index in [1.807, 2.05) is 18.2 Å². The Morgan fingerprint density at radius 3 is 2.71 bits per heavy atom. The monoisotopic (exact) mass is 341 g/mol. The first-order valence-electron chi connectivity index (χ1n) is 7.67. The van der Waals surface area contributed by atoms with Crippen LogP contribution in [0.2, 0.25) is 0 Å². The van der Waals surface area contributed by atoms with E-state index in [9.17, 15) is 10.1 Å². The second-order valence-corrected chi connectivity index (χ2v) is 6.80. The molecule has 7 nitrogen and oxygen atoms in total. The molecule has 0 radical (unpaired) electrons. The van der Waals surface area contributed by atoms with Crippen LogP contribution in [-0.4, -0.2) is 27.0 Å². The van der Waals surface area contributed by atoms with Crippen LogP contribution in [0.25, 0.3) is 10.2 Å². The van der Waals surface area contributed by atoms with Crippen molar-refractivity contribution in [1.29, 1.82) is 0 Å². The van der Waals surface area contributed by atoms with Crippen LogP contribution in [0.1, 0.15) is 12.8 Å². The molecule has 0 amide bonds. The van der Waals surface area contributed by atoms with Gasteiger partial charge >= 0.3 is 5.69 Å². The molecule has 24 heavy (non-hydrogen) atoms. The van der Waals surface area contributed by atoms with Crippen LogP contribution in [0, 0.1) is 10.1 Å². The average Bonchev–Trinajstić information content (AvgIpc) is 2.95. The standard InChI is InChI=1S/C16H15N5O2S/c22-21(23)13-5-3-7-17-15(13)18-10-8-11(9-10)19-16-20-12-4-1-2-6-14(12)24-16/h1-7,10-11H,8-9H2,(H,17,18)(H,19,20). The number of pyridine rings is 1. The van der Waals surface area contributed by atoms with E-state index < -0.39 is 4.92 Å². The smallest absolute Gasteiger partial charge is 0.311 e. The second kappa shape index (κ2) is 6.04. The molecule has 122 valence electrons. The maximum absolute atomic E-state index is 11.0. The van der Waals surface area contributed by atoms with Gasteiger partial charge in [0.05, 0.1) is 15.1 Å². The summed E-state index contributed by atoms with van der Waals surface area (Å²) in [6.07, 6.45) is 3.32. The van der Waals surface area contributed by atoms with Crippen molar-refractivity contribution in [1.82, 2.24) is 9.97 Å². The largest absolute Gasteiger partial charge is 0.361 e. The van der Waals surface area contributed by atoms with E-state index in [1.165, 1.54) is 6.07 Å². The number of nitro groups is 1. The number of anilines is 2. The highest BCUT2D eigenvalue weighted by molar-refractivity contribution is 7.22. The molecule has 2 heterocycles. The van der Waals surface area contributed by atoms with Crippen molar-refractivity contribution < 1.29 is 4.92 Å². The fourth-order valence-electron chi connectivity index (χ4n) is 2.81. The van der Waals surface area contributed by atoms with Crippen molar-refractivity contribution >= 4 is 38.2 Å². The summed E-state index contributed by atoms with van der Waals surface area (Å²) in [5.74, 6) is 0.339. The van der Waals surface area contributed by atoms with E-state index in [4.69, 9.17) is 0 Å². The minimum atomic E-state index is -0.412. The number of thiazole rings is 1. The van der Waals surface area contributed by atoms with Crippen LogP contribution in [0.5, 0.6) is 0 Å². The molecule has 0 spiro atoms. The Morgan fingerprint density at radius 1 is 1.12 bits per heavy atom. The zero-order chi connectivity index (χ0) is 16.5. The molecule has 0 unspecified atom stereocenters. The van der Waals surface area contributed by atoms with Gasteiger partial charge in [-0.2, -0.15) is 0 Å². The summed E-state index contributed by atoms with van der Waals surface area (Å²) >= 11 is 1.64. The number of para-hydroxylation sites is 1. The Kier molecular flexibility index (Phi) is 3.73. The molecule has 1 aliphatic rings. The minimum absolute atomic E-state index is 0.0140. The third-order valence-corrected chi connectivity index (χ3v) is 5.05. The van der Waals surface area contributed by atoms with Crippen LogP contribution >= 0.6 is 11.3 Å². The first-order chi connectivity index (χ1) is 11.7. The summed E-state index contributed by atoms with van der Waals surface area (Å²) in [5.41, 5.74) is 1.02. The fourth-order valence-corrected chi connectivity index (χ4v) is 3.75. The highest BCUT2D eigenvalue weighted by Gasteiger charge is 2.31. The predicted molar refractivity (Wildman–Crippen MR) is 94.6 cm³/mol. The van der Waals surface area contributed by atoms with Gasteiger partial charge in [0.25, 0.3) is 0 Å².